The van der Waals surface area contributed by atoms with Gasteiger partial charge in [-0.05, 0) is 22.3 Å². The van der Waals surface area contributed by atoms with E-state index in [1.54, 1.807) is 22.5 Å². The van der Waals surface area contributed by atoms with Crippen molar-refractivity contribution in [3.05, 3.63) is 59.6 Å². The van der Waals surface area contributed by atoms with E-state index < -0.39 is 27.7 Å². The minimum atomic E-state index is -3.12. The molecule has 0 saturated carbocycles. The SMILES string of the molecule is C[SH](=O)(NCCN1CCOCC1)c1cn(Cc2ccc(F)cc2F)c2cnc(C(=O)NO)cc12. The Balaban J connectivity index is 1.67. The summed E-state index contributed by atoms with van der Waals surface area (Å²) in [7, 11) is -3.12. The highest BCUT2D eigenvalue weighted by Gasteiger charge is 2.22. The van der Waals surface area contributed by atoms with E-state index in [2.05, 4.69) is 14.6 Å². The summed E-state index contributed by atoms with van der Waals surface area (Å²) in [5, 5.41) is 9.47. The van der Waals surface area contributed by atoms with Crippen molar-refractivity contribution in [2.45, 2.75) is 11.4 Å². The van der Waals surface area contributed by atoms with Gasteiger partial charge in [-0.1, -0.05) is 6.07 Å². The lowest BCUT2D eigenvalue weighted by atomic mass is 10.2. The molecule has 12 heteroatoms. The van der Waals surface area contributed by atoms with E-state index in [4.69, 9.17) is 9.94 Å². The van der Waals surface area contributed by atoms with Crippen LogP contribution < -0.4 is 10.2 Å². The van der Waals surface area contributed by atoms with E-state index in [1.807, 2.05) is 0 Å². The summed E-state index contributed by atoms with van der Waals surface area (Å²) in [6, 6.07) is 4.77. The molecule has 2 aromatic heterocycles. The van der Waals surface area contributed by atoms with Crippen LogP contribution >= 0.6 is 0 Å². The summed E-state index contributed by atoms with van der Waals surface area (Å²) >= 11 is 0. The number of ether oxygens (including phenoxy) is 1. The van der Waals surface area contributed by atoms with Crippen molar-refractivity contribution >= 4 is 26.9 Å². The van der Waals surface area contributed by atoms with Gasteiger partial charge in [-0.2, -0.15) is 0 Å². The molecule has 1 fully saturated rings. The molecule has 4 rings (SSSR count). The number of pyridine rings is 1. The van der Waals surface area contributed by atoms with Crippen LogP contribution in [0.15, 0.2) is 41.6 Å². The first-order chi connectivity index (χ1) is 16.3. The first kappa shape index (κ1) is 24.4. The highest BCUT2D eigenvalue weighted by Crippen LogP contribution is 2.29. The van der Waals surface area contributed by atoms with E-state index in [-0.39, 0.29) is 17.8 Å². The second-order valence-corrected chi connectivity index (χ2v) is 10.8. The summed E-state index contributed by atoms with van der Waals surface area (Å²) < 4.78 is 51.5. The standard InChI is InChI=1S/C22H27F2N5O4S/c1-34(32,26-4-5-28-6-8-33-9-7-28)21-14-29(13-15-2-3-16(23)10-18(15)24)20-12-25-19(11-17(20)21)22(30)27-31/h2-3,10-12,14,31,34H,4-9,13H2,1H3,(H,26,32)(H,27,30). The van der Waals surface area contributed by atoms with Crippen LogP contribution in [0.25, 0.3) is 10.9 Å². The lowest BCUT2D eigenvalue weighted by molar-refractivity contribution is 0.0390. The van der Waals surface area contributed by atoms with E-state index in [0.29, 0.717) is 42.1 Å². The number of thiol groups is 1. The molecule has 3 aromatic rings. The summed E-state index contributed by atoms with van der Waals surface area (Å²) in [6.07, 6.45) is 4.63. The molecule has 0 spiro atoms. The van der Waals surface area contributed by atoms with E-state index in [9.17, 15) is 17.8 Å². The molecule has 9 nitrogen and oxygen atoms in total. The third-order valence-electron chi connectivity index (χ3n) is 5.84. The second-order valence-electron chi connectivity index (χ2n) is 8.19. The molecule has 1 amide bonds. The van der Waals surface area contributed by atoms with Crippen LogP contribution in [0.2, 0.25) is 0 Å². The predicted octanol–water partition coefficient (Wildman–Crippen LogP) is 1.32. The van der Waals surface area contributed by atoms with E-state index in [1.165, 1.54) is 24.4 Å². The molecule has 0 atom stereocenters. The monoisotopic (exact) mass is 495 g/mol. The van der Waals surface area contributed by atoms with Gasteiger partial charge < -0.3 is 9.30 Å². The number of halogens is 2. The Morgan fingerprint density at radius 3 is 2.74 bits per heavy atom. The molecule has 1 aliphatic rings. The molecule has 0 unspecified atom stereocenters. The highest BCUT2D eigenvalue weighted by atomic mass is 32.3. The van der Waals surface area contributed by atoms with Gasteiger partial charge in [-0.3, -0.25) is 23.8 Å². The molecular weight excluding hydrogens is 468 g/mol. The first-order valence-electron chi connectivity index (χ1n) is 10.8. The number of nitrogens with one attached hydrogen (secondary N) is 2. The summed E-state index contributed by atoms with van der Waals surface area (Å²) in [6.45, 7) is 4.17. The maximum Gasteiger partial charge on any atom is 0.293 e. The number of carbonyl (C=O) groups is 1. The second kappa shape index (κ2) is 10.2. The van der Waals surface area contributed by atoms with Gasteiger partial charge >= 0.3 is 0 Å². The van der Waals surface area contributed by atoms with E-state index >= 15 is 0 Å². The number of hydroxylamine groups is 1. The normalized spacial score (nSPS) is 15.5. The molecule has 184 valence electrons. The van der Waals surface area contributed by atoms with Gasteiger partial charge in [0.1, 0.15) is 17.3 Å². The Kier molecular flexibility index (Phi) is 7.33. The zero-order valence-corrected chi connectivity index (χ0v) is 19.5. The number of nitrogens with zero attached hydrogens (tertiary/aromatic N) is 3. The van der Waals surface area contributed by atoms with Gasteiger partial charge in [-0.15, -0.1) is 0 Å². The molecule has 0 aliphatic carbocycles. The largest absolute Gasteiger partial charge is 0.379 e. The van der Waals surface area contributed by atoms with Crippen molar-refractivity contribution in [2.75, 3.05) is 45.6 Å². The van der Waals surface area contributed by atoms with Gasteiger partial charge in [0.05, 0.1) is 36.4 Å². The zero-order chi connectivity index (χ0) is 24.3. The van der Waals surface area contributed by atoms with Crippen LogP contribution in [0.3, 0.4) is 0 Å². The fourth-order valence-corrected chi connectivity index (χ4v) is 5.68. The molecule has 0 radical (unpaired) electrons. The number of morpholine rings is 1. The van der Waals surface area contributed by atoms with Crippen LogP contribution in [0.4, 0.5) is 8.78 Å². The zero-order valence-electron chi connectivity index (χ0n) is 18.6. The van der Waals surface area contributed by atoms with Crippen LogP contribution in [0, 0.1) is 11.6 Å². The van der Waals surface area contributed by atoms with Gasteiger partial charge in [0.25, 0.3) is 5.91 Å². The molecular formula is C22H27F2N5O4S. The van der Waals surface area contributed by atoms with Crippen LogP contribution in [-0.2, 0) is 21.4 Å². The topological polar surface area (TPSA) is 109 Å². The third kappa shape index (κ3) is 5.31. The maximum absolute atomic E-state index is 14.3. The molecule has 1 aliphatic heterocycles. The number of amides is 1. The molecule has 3 N–H and O–H groups in total. The molecule has 1 aromatic carbocycles. The van der Waals surface area contributed by atoms with Crippen molar-refractivity contribution in [1.82, 2.24) is 24.7 Å². The smallest absolute Gasteiger partial charge is 0.293 e. The summed E-state index contributed by atoms with van der Waals surface area (Å²) in [5.74, 6) is -2.18. The Hall–Kier alpha value is -2.77. The molecule has 34 heavy (non-hydrogen) atoms. The average Bonchev–Trinajstić information content (AvgIpc) is 3.19. The van der Waals surface area contributed by atoms with Gasteiger partial charge in [0, 0.05) is 55.6 Å². The number of benzene rings is 1. The average molecular weight is 496 g/mol. The van der Waals surface area contributed by atoms with Gasteiger partial charge in [-0.25, -0.2) is 19.2 Å². The highest BCUT2D eigenvalue weighted by molar-refractivity contribution is 8.00. The van der Waals surface area contributed by atoms with Crippen LogP contribution in [0.1, 0.15) is 16.1 Å². The quantitative estimate of drug-likeness (QED) is 0.213. The van der Waals surface area contributed by atoms with Crippen molar-refractivity contribution in [2.24, 2.45) is 0 Å². The Labute approximate surface area is 196 Å². The Morgan fingerprint density at radius 1 is 1.26 bits per heavy atom. The third-order valence-corrected chi connectivity index (χ3v) is 7.94. The Bertz CT molecular complexity index is 1250. The number of hydrogen-bond acceptors (Lipinski definition) is 6. The minimum Gasteiger partial charge on any atom is -0.379 e. The molecule has 0 bridgehead atoms. The van der Waals surface area contributed by atoms with Crippen LogP contribution in [-0.4, -0.2) is 75.4 Å². The number of rotatable bonds is 8. The fourth-order valence-electron chi connectivity index (χ4n) is 3.99. The van der Waals surface area contributed by atoms with Crippen molar-refractivity contribution in [3.63, 3.8) is 0 Å². The van der Waals surface area contributed by atoms with Crippen molar-refractivity contribution in [1.29, 1.82) is 0 Å². The number of carbonyl (C=O) groups excluding carboxylic acids is 1. The van der Waals surface area contributed by atoms with Gasteiger partial charge in [0.2, 0.25) is 0 Å². The van der Waals surface area contributed by atoms with E-state index in [0.717, 1.165) is 19.2 Å². The Morgan fingerprint density at radius 2 is 2.03 bits per heavy atom. The summed E-state index contributed by atoms with van der Waals surface area (Å²) in [5.41, 5.74) is 2.24. The van der Waals surface area contributed by atoms with Crippen molar-refractivity contribution in [3.8, 4) is 0 Å². The molecule has 3 heterocycles. The van der Waals surface area contributed by atoms with Crippen LogP contribution in [0.5, 0.6) is 0 Å². The maximum atomic E-state index is 14.3. The number of hydrogen-bond donors (Lipinski definition) is 4. The number of fused-ring (bicyclic) bond motifs is 1. The first-order valence-corrected chi connectivity index (χ1v) is 12.9. The lowest BCUT2D eigenvalue weighted by Gasteiger charge is -2.28. The minimum absolute atomic E-state index is 0.0453. The van der Waals surface area contributed by atoms with Crippen molar-refractivity contribution < 1.29 is 27.7 Å². The molecule has 1 saturated heterocycles. The number of aromatic nitrogens is 2. The van der Waals surface area contributed by atoms with Gasteiger partial charge in [0.15, 0.2) is 0 Å². The fraction of sp³-hybridized carbons (Fsp3) is 0.364. The lowest BCUT2D eigenvalue weighted by Crippen LogP contribution is -2.42. The predicted molar refractivity (Wildman–Crippen MR) is 123 cm³/mol. The summed E-state index contributed by atoms with van der Waals surface area (Å²) in [4.78, 5) is 18.6.